The van der Waals surface area contributed by atoms with Gasteiger partial charge >= 0.3 is 0 Å². The van der Waals surface area contributed by atoms with Crippen molar-refractivity contribution < 1.29 is 0 Å². The smallest absolute Gasteiger partial charge is 0.0462 e. The van der Waals surface area contributed by atoms with E-state index in [0.29, 0.717) is 0 Å². The van der Waals surface area contributed by atoms with Crippen molar-refractivity contribution in [2.24, 2.45) is 0 Å². The third-order valence-corrected chi connectivity index (χ3v) is 6.35. The van der Waals surface area contributed by atoms with Crippen LogP contribution in [0.5, 0.6) is 0 Å². The Bertz CT molecular complexity index is 1160. The molecule has 0 saturated carbocycles. The fourth-order valence-electron chi connectivity index (χ4n) is 4.11. The molecule has 1 heterocycles. The van der Waals surface area contributed by atoms with Crippen molar-refractivity contribution in [1.82, 2.24) is 4.98 Å². The Kier molecular flexibility index (Phi) is 6.36. The maximum absolute atomic E-state index is 4.45. The first kappa shape index (κ1) is 23.8. The van der Waals surface area contributed by atoms with Gasteiger partial charge in [0.05, 0.1) is 0 Å². The van der Waals surface area contributed by atoms with E-state index in [2.05, 4.69) is 136 Å². The number of rotatable bonds is 4. The van der Waals surface area contributed by atoms with Crippen molar-refractivity contribution in [1.29, 1.82) is 0 Å². The lowest BCUT2D eigenvalue weighted by molar-refractivity contribution is 0.590. The topological polar surface area (TPSA) is 16.1 Å². The van der Waals surface area contributed by atoms with Crippen LogP contribution in [-0.2, 0) is 10.8 Å². The number of aryl methyl sites for hydroxylation is 1. The molecule has 34 heavy (non-hydrogen) atoms. The quantitative estimate of drug-likeness (QED) is 0.309. The third-order valence-electron chi connectivity index (χ3n) is 6.35. The third kappa shape index (κ3) is 5.22. The first-order valence-electron chi connectivity index (χ1n) is 12.1. The standard InChI is InChI=1S/C32H36N2/c1-23-8-9-25(22-33-23)24-10-16-28(17-11-24)34(29-18-12-26(13-19-29)31(2,3)4)30-20-14-27(15-21-30)32(5,6)7/h8-22H,1-7H3. The van der Waals surface area contributed by atoms with E-state index in [0.717, 1.165) is 28.3 Å². The zero-order chi connectivity index (χ0) is 24.5. The summed E-state index contributed by atoms with van der Waals surface area (Å²) in [4.78, 5) is 6.78. The van der Waals surface area contributed by atoms with Crippen LogP contribution in [0.2, 0.25) is 0 Å². The normalized spacial score (nSPS) is 12.0. The minimum absolute atomic E-state index is 0.126. The molecule has 0 aliphatic heterocycles. The number of anilines is 3. The van der Waals surface area contributed by atoms with Gasteiger partial charge in [0, 0.05) is 34.5 Å². The van der Waals surface area contributed by atoms with Gasteiger partial charge in [-0.25, -0.2) is 0 Å². The number of aromatic nitrogens is 1. The number of hydrogen-bond acceptors (Lipinski definition) is 2. The van der Waals surface area contributed by atoms with Crippen LogP contribution in [0.1, 0.15) is 58.4 Å². The SMILES string of the molecule is Cc1ccc(-c2ccc(N(c3ccc(C(C)(C)C)cc3)c3ccc(C(C)(C)C)cc3)cc2)cn1. The molecule has 0 unspecified atom stereocenters. The summed E-state index contributed by atoms with van der Waals surface area (Å²) in [5.74, 6) is 0. The number of benzene rings is 3. The van der Waals surface area contributed by atoms with Crippen molar-refractivity contribution in [3.63, 3.8) is 0 Å². The number of hydrogen-bond donors (Lipinski definition) is 0. The molecule has 174 valence electrons. The first-order chi connectivity index (χ1) is 16.0. The maximum Gasteiger partial charge on any atom is 0.0462 e. The Balaban J connectivity index is 1.75. The van der Waals surface area contributed by atoms with Gasteiger partial charge in [-0.05, 0) is 76.9 Å². The van der Waals surface area contributed by atoms with E-state index in [4.69, 9.17) is 0 Å². The summed E-state index contributed by atoms with van der Waals surface area (Å²) in [5.41, 5.74) is 9.70. The lowest BCUT2D eigenvalue weighted by Crippen LogP contribution is -2.14. The Morgan fingerprint density at radius 3 is 1.24 bits per heavy atom. The van der Waals surface area contributed by atoms with Crippen LogP contribution in [-0.4, -0.2) is 4.98 Å². The number of nitrogens with zero attached hydrogens (tertiary/aromatic N) is 2. The van der Waals surface area contributed by atoms with Crippen LogP contribution in [0.3, 0.4) is 0 Å². The molecule has 2 heteroatoms. The lowest BCUT2D eigenvalue weighted by atomic mass is 9.86. The van der Waals surface area contributed by atoms with Crippen molar-refractivity contribution in [3.8, 4) is 11.1 Å². The largest absolute Gasteiger partial charge is 0.311 e. The first-order valence-corrected chi connectivity index (χ1v) is 12.1. The van der Waals surface area contributed by atoms with Crippen LogP contribution < -0.4 is 4.90 Å². The van der Waals surface area contributed by atoms with E-state index in [1.54, 1.807) is 0 Å². The van der Waals surface area contributed by atoms with Crippen molar-refractivity contribution in [3.05, 3.63) is 108 Å². The van der Waals surface area contributed by atoms with E-state index >= 15 is 0 Å². The Hall–Kier alpha value is -3.39. The van der Waals surface area contributed by atoms with Gasteiger partial charge in [0.25, 0.3) is 0 Å². The average Bonchev–Trinajstić information content (AvgIpc) is 2.80. The van der Waals surface area contributed by atoms with Crippen molar-refractivity contribution in [2.45, 2.75) is 59.3 Å². The molecule has 3 aromatic carbocycles. The van der Waals surface area contributed by atoms with Crippen molar-refractivity contribution >= 4 is 17.1 Å². The summed E-state index contributed by atoms with van der Waals surface area (Å²) in [7, 11) is 0. The van der Waals surface area contributed by atoms with E-state index < -0.39 is 0 Å². The fraction of sp³-hybridized carbons (Fsp3) is 0.281. The molecule has 0 atom stereocenters. The summed E-state index contributed by atoms with van der Waals surface area (Å²) in [6.07, 6.45) is 1.94. The minimum Gasteiger partial charge on any atom is -0.311 e. The summed E-state index contributed by atoms with van der Waals surface area (Å²) < 4.78 is 0. The van der Waals surface area contributed by atoms with Crippen LogP contribution in [0.15, 0.2) is 91.1 Å². The molecule has 0 N–H and O–H groups in total. The highest BCUT2D eigenvalue weighted by Gasteiger charge is 2.18. The average molecular weight is 449 g/mol. The highest BCUT2D eigenvalue weighted by molar-refractivity contribution is 5.78. The van der Waals surface area contributed by atoms with Gasteiger partial charge in [-0.3, -0.25) is 4.98 Å². The summed E-state index contributed by atoms with van der Waals surface area (Å²) in [6.45, 7) is 15.5. The monoisotopic (exact) mass is 448 g/mol. The summed E-state index contributed by atoms with van der Waals surface area (Å²) in [6, 6.07) is 30.9. The van der Waals surface area contributed by atoms with Crippen LogP contribution >= 0.6 is 0 Å². The van der Waals surface area contributed by atoms with E-state index in [1.165, 1.54) is 16.7 Å². The molecule has 1 aromatic heterocycles. The molecule has 0 radical (unpaired) electrons. The van der Waals surface area contributed by atoms with Gasteiger partial charge in [0.2, 0.25) is 0 Å². The highest BCUT2D eigenvalue weighted by atomic mass is 15.1. The Labute approximate surface area is 205 Å². The molecule has 0 fully saturated rings. The van der Waals surface area contributed by atoms with Crippen LogP contribution in [0, 0.1) is 6.92 Å². The summed E-state index contributed by atoms with van der Waals surface area (Å²) in [5, 5.41) is 0. The molecule has 0 saturated heterocycles. The zero-order valence-corrected chi connectivity index (χ0v) is 21.6. The van der Waals surface area contributed by atoms with Crippen molar-refractivity contribution in [2.75, 3.05) is 4.90 Å². The molecule has 2 nitrogen and oxygen atoms in total. The second-order valence-electron chi connectivity index (χ2n) is 11.2. The molecule has 0 amide bonds. The molecule has 0 aliphatic rings. The Morgan fingerprint density at radius 1 is 0.500 bits per heavy atom. The van der Waals surface area contributed by atoms with Gasteiger partial charge in [-0.2, -0.15) is 0 Å². The van der Waals surface area contributed by atoms with Gasteiger partial charge < -0.3 is 4.90 Å². The van der Waals surface area contributed by atoms with E-state index in [1.807, 2.05) is 13.1 Å². The second kappa shape index (κ2) is 9.10. The molecular formula is C32H36N2. The molecule has 0 bridgehead atoms. The molecule has 4 aromatic rings. The lowest BCUT2D eigenvalue weighted by Gasteiger charge is -2.28. The molecule has 0 aliphatic carbocycles. The van der Waals surface area contributed by atoms with Crippen LogP contribution in [0.25, 0.3) is 11.1 Å². The Morgan fingerprint density at radius 2 is 0.882 bits per heavy atom. The van der Waals surface area contributed by atoms with E-state index in [-0.39, 0.29) is 10.8 Å². The van der Waals surface area contributed by atoms with E-state index in [9.17, 15) is 0 Å². The minimum atomic E-state index is 0.126. The zero-order valence-electron chi connectivity index (χ0n) is 21.6. The highest BCUT2D eigenvalue weighted by Crippen LogP contribution is 2.37. The maximum atomic E-state index is 4.45. The second-order valence-corrected chi connectivity index (χ2v) is 11.2. The van der Waals surface area contributed by atoms with Gasteiger partial charge in [-0.15, -0.1) is 0 Å². The fourth-order valence-corrected chi connectivity index (χ4v) is 4.11. The molecule has 4 rings (SSSR count). The van der Waals surface area contributed by atoms with Gasteiger partial charge in [0.15, 0.2) is 0 Å². The number of pyridine rings is 1. The predicted octanol–water partition coefficient (Wildman–Crippen LogP) is 9.12. The van der Waals surface area contributed by atoms with Crippen LogP contribution in [0.4, 0.5) is 17.1 Å². The molecular weight excluding hydrogens is 412 g/mol. The molecule has 0 spiro atoms. The summed E-state index contributed by atoms with van der Waals surface area (Å²) >= 11 is 0. The van der Waals surface area contributed by atoms with Gasteiger partial charge in [-0.1, -0.05) is 84.0 Å². The van der Waals surface area contributed by atoms with Gasteiger partial charge in [0.1, 0.15) is 0 Å². The predicted molar refractivity (Wildman–Crippen MR) is 146 cm³/mol.